The molecule has 1 atom stereocenters. The maximum Gasteiger partial charge on any atom is 0.0889 e. The molecule has 2 rings (SSSR count). The summed E-state index contributed by atoms with van der Waals surface area (Å²) in [6.45, 7) is 2.10. The molecule has 0 amide bonds. The Morgan fingerprint density at radius 3 is 3.24 bits per heavy atom. The van der Waals surface area contributed by atoms with Gasteiger partial charge in [-0.1, -0.05) is 0 Å². The zero-order valence-electron chi connectivity index (χ0n) is 10.3. The first-order chi connectivity index (χ1) is 8.38. The Labute approximate surface area is 102 Å². The minimum atomic E-state index is 0.274. The van der Waals surface area contributed by atoms with Crippen LogP contribution in [0.4, 0.5) is 5.69 Å². The third kappa shape index (κ3) is 3.98. The van der Waals surface area contributed by atoms with E-state index in [2.05, 4.69) is 10.3 Å². The second-order valence-corrected chi connectivity index (χ2v) is 4.29. The van der Waals surface area contributed by atoms with Crippen LogP contribution < -0.4 is 5.32 Å². The van der Waals surface area contributed by atoms with E-state index < -0.39 is 0 Å². The molecular weight excluding hydrogens is 216 g/mol. The number of pyridine rings is 1. The van der Waals surface area contributed by atoms with Gasteiger partial charge < -0.3 is 14.8 Å². The summed E-state index contributed by atoms with van der Waals surface area (Å²) < 4.78 is 11.2. The number of aromatic nitrogens is 1. The van der Waals surface area contributed by atoms with E-state index in [1.165, 1.54) is 12.8 Å². The summed E-state index contributed by atoms with van der Waals surface area (Å²) in [5, 5.41) is 3.09. The number of anilines is 1. The first-order valence-electron chi connectivity index (χ1n) is 6.20. The topological polar surface area (TPSA) is 43.4 Å². The number of ether oxygens (including phenoxy) is 2. The fourth-order valence-electron chi connectivity index (χ4n) is 1.95. The number of hydrogen-bond donors (Lipinski definition) is 1. The lowest BCUT2D eigenvalue weighted by Crippen LogP contribution is -2.24. The Balaban J connectivity index is 1.73. The van der Waals surface area contributed by atoms with Crippen LogP contribution in [0.15, 0.2) is 18.3 Å². The molecule has 1 N–H and O–H groups in total. The minimum absolute atomic E-state index is 0.274. The SMILES string of the molecule is CNc1ccnc(COCC2CCCCO2)c1. The van der Waals surface area contributed by atoms with Crippen LogP contribution in [0.5, 0.6) is 0 Å². The van der Waals surface area contributed by atoms with Crippen LogP contribution in [0.1, 0.15) is 25.0 Å². The largest absolute Gasteiger partial charge is 0.388 e. The molecule has 1 aromatic rings. The van der Waals surface area contributed by atoms with Crippen molar-refractivity contribution < 1.29 is 9.47 Å². The number of nitrogens with zero attached hydrogens (tertiary/aromatic N) is 1. The summed E-state index contributed by atoms with van der Waals surface area (Å²) in [4.78, 5) is 4.26. The quantitative estimate of drug-likeness (QED) is 0.851. The lowest BCUT2D eigenvalue weighted by Gasteiger charge is -2.22. The Morgan fingerprint density at radius 2 is 2.47 bits per heavy atom. The van der Waals surface area contributed by atoms with Crippen LogP contribution >= 0.6 is 0 Å². The highest BCUT2D eigenvalue weighted by Gasteiger charge is 2.13. The Kier molecular flexibility index (Phi) is 4.76. The van der Waals surface area contributed by atoms with Crippen LogP contribution in [-0.2, 0) is 16.1 Å². The number of nitrogens with one attached hydrogen (secondary N) is 1. The van der Waals surface area contributed by atoms with E-state index in [1.54, 1.807) is 6.20 Å². The van der Waals surface area contributed by atoms with Crippen molar-refractivity contribution in [3.8, 4) is 0 Å². The van der Waals surface area contributed by atoms with Crippen molar-refractivity contribution in [3.05, 3.63) is 24.0 Å². The Bertz CT molecular complexity index is 338. The molecule has 0 spiro atoms. The van der Waals surface area contributed by atoms with Crippen molar-refractivity contribution in [1.82, 2.24) is 4.98 Å². The summed E-state index contributed by atoms with van der Waals surface area (Å²) in [5.74, 6) is 0. The van der Waals surface area contributed by atoms with Crippen molar-refractivity contribution in [2.75, 3.05) is 25.6 Å². The van der Waals surface area contributed by atoms with E-state index in [0.29, 0.717) is 13.2 Å². The van der Waals surface area contributed by atoms with Gasteiger partial charge in [0, 0.05) is 25.5 Å². The molecule has 94 valence electrons. The first kappa shape index (κ1) is 12.3. The molecule has 0 aromatic carbocycles. The summed E-state index contributed by atoms with van der Waals surface area (Å²) in [6.07, 6.45) is 5.62. The molecule has 4 nitrogen and oxygen atoms in total. The van der Waals surface area contributed by atoms with Crippen LogP contribution in [0.3, 0.4) is 0 Å². The third-order valence-electron chi connectivity index (χ3n) is 2.93. The van der Waals surface area contributed by atoms with Gasteiger partial charge in [0.2, 0.25) is 0 Å². The van der Waals surface area contributed by atoms with Crippen LogP contribution in [0.25, 0.3) is 0 Å². The maximum atomic E-state index is 5.64. The summed E-state index contributed by atoms with van der Waals surface area (Å²) >= 11 is 0. The third-order valence-corrected chi connectivity index (χ3v) is 2.93. The lowest BCUT2D eigenvalue weighted by atomic mass is 10.1. The molecule has 2 heterocycles. The van der Waals surface area contributed by atoms with Gasteiger partial charge in [0.15, 0.2) is 0 Å². The summed E-state index contributed by atoms with van der Waals surface area (Å²) in [6, 6.07) is 3.94. The molecule has 1 saturated heterocycles. The molecule has 1 unspecified atom stereocenters. The first-order valence-corrected chi connectivity index (χ1v) is 6.20. The minimum Gasteiger partial charge on any atom is -0.388 e. The van der Waals surface area contributed by atoms with Gasteiger partial charge in [-0.3, -0.25) is 4.98 Å². The molecule has 0 bridgehead atoms. The van der Waals surface area contributed by atoms with Crippen molar-refractivity contribution in [2.45, 2.75) is 32.0 Å². The second-order valence-electron chi connectivity index (χ2n) is 4.29. The molecule has 17 heavy (non-hydrogen) atoms. The maximum absolute atomic E-state index is 5.64. The molecule has 0 radical (unpaired) electrons. The lowest BCUT2D eigenvalue weighted by molar-refractivity contribution is -0.0452. The van der Waals surface area contributed by atoms with Crippen LogP contribution in [0, 0.1) is 0 Å². The zero-order valence-corrected chi connectivity index (χ0v) is 10.3. The average Bonchev–Trinajstić information content (AvgIpc) is 2.40. The molecule has 1 aliphatic heterocycles. The van der Waals surface area contributed by atoms with E-state index >= 15 is 0 Å². The standard InChI is InChI=1S/C13H20N2O2/c1-14-11-5-6-15-12(8-11)9-16-10-13-4-2-3-7-17-13/h5-6,8,13H,2-4,7,9-10H2,1H3,(H,14,15). The van der Waals surface area contributed by atoms with E-state index in [1.807, 2.05) is 19.2 Å². The predicted octanol–water partition coefficient (Wildman–Crippen LogP) is 2.21. The number of rotatable bonds is 5. The van der Waals surface area contributed by atoms with Gasteiger partial charge in [0.1, 0.15) is 0 Å². The molecule has 0 saturated carbocycles. The summed E-state index contributed by atoms with van der Waals surface area (Å²) in [5.41, 5.74) is 2.01. The van der Waals surface area contributed by atoms with Gasteiger partial charge >= 0.3 is 0 Å². The monoisotopic (exact) mass is 236 g/mol. The molecule has 1 aromatic heterocycles. The van der Waals surface area contributed by atoms with Crippen molar-refractivity contribution in [2.24, 2.45) is 0 Å². The van der Waals surface area contributed by atoms with Gasteiger partial charge in [-0.2, -0.15) is 0 Å². The highest BCUT2D eigenvalue weighted by atomic mass is 16.5. The van der Waals surface area contributed by atoms with Gasteiger partial charge in [-0.25, -0.2) is 0 Å². The van der Waals surface area contributed by atoms with Crippen molar-refractivity contribution >= 4 is 5.69 Å². The van der Waals surface area contributed by atoms with Crippen LogP contribution in [-0.4, -0.2) is 31.3 Å². The Morgan fingerprint density at radius 1 is 1.53 bits per heavy atom. The smallest absolute Gasteiger partial charge is 0.0889 e. The fraction of sp³-hybridized carbons (Fsp3) is 0.615. The molecule has 4 heteroatoms. The molecule has 0 aliphatic carbocycles. The fourth-order valence-corrected chi connectivity index (χ4v) is 1.95. The van der Waals surface area contributed by atoms with E-state index in [9.17, 15) is 0 Å². The van der Waals surface area contributed by atoms with E-state index in [-0.39, 0.29) is 6.10 Å². The van der Waals surface area contributed by atoms with Gasteiger partial charge in [0.05, 0.1) is 25.0 Å². The highest BCUT2D eigenvalue weighted by molar-refractivity contribution is 5.42. The number of hydrogen-bond acceptors (Lipinski definition) is 4. The van der Waals surface area contributed by atoms with Crippen molar-refractivity contribution in [1.29, 1.82) is 0 Å². The van der Waals surface area contributed by atoms with E-state index in [0.717, 1.165) is 24.4 Å². The van der Waals surface area contributed by atoms with Crippen molar-refractivity contribution in [3.63, 3.8) is 0 Å². The zero-order chi connectivity index (χ0) is 11.9. The van der Waals surface area contributed by atoms with Gasteiger partial charge in [-0.15, -0.1) is 0 Å². The Hall–Kier alpha value is -1.13. The predicted molar refractivity (Wildman–Crippen MR) is 67.0 cm³/mol. The second kappa shape index (κ2) is 6.57. The van der Waals surface area contributed by atoms with Gasteiger partial charge in [-0.05, 0) is 31.4 Å². The van der Waals surface area contributed by atoms with Gasteiger partial charge in [0.25, 0.3) is 0 Å². The molecule has 1 fully saturated rings. The van der Waals surface area contributed by atoms with E-state index in [4.69, 9.17) is 9.47 Å². The normalized spacial score (nSPS) is 20.2. The average molecular weight is 236 g/mol. The molecular formula is C13H20N2O2. The summed E-state index contributed by atoms with van der Waals surface area (Å²) in [7, 11) is 1.90. The molecule has 1 aliphatic rings. The van der Waals surface area contributed by atoms with Crippen LogP contribution in [0.2, 0.25) is 0 Å². The highest BCUT2D eigenvalue weighted by Crippen LogP contribution is 2.14.